The van der Waals surface area contributed by atoms with E-state index < -0.39 is 5.91 Å². The fraction of sp³-hybridized carbons (Fsp3) is 0.300. The SMILES string of the molecule is CN(c1ccc(C=CC(=O)NO)cn1)C1CCN(Cc2ccccc2)C1.Cl.Cl. The number of nitrogens with zero attached hydrogens (tertiary/aromatic N) is 3. The Morgan fingerprint density at radius 3 is 2.68 bits per heavy atom. The molecule has 1 fully saturated rings. The number of carbonyl (C=O) groups is 1. The van der Waals surface area contributed by atoms with Gasteiger partial charge in [-0.05, 0) is 35.8 Å². The van der Waals surface area contributed by atoms with Crippen LogP contribution < -0.4 is 10.4 Å². The average Bonchev–Trinajstić information content (AvgIpc) is 3.15. The van der Waals surface area contributed by atoms with E-state index in [2.05, 4.69) is 46.1 Å². The molecule has 0 aliphatic carbocycles. The molecule has 2 aromatic rings. The van der Waals surface area contributed by atoms with E-state index >= 15 is 0 Å². The number of pyridine rings is 1. The average molecular weight is 425 g/mol. The van der Waals surface area contributed by atoms with Gasteiger partial charge in [0.25, 0.3) is 5.91 Å². The monoisotopic (exact) mass is 424 g/mol. The second-order valence-corrected chi connectivity index (χ2v) is 6.53. The zero-order chi connectivity index (χ0) is 18.4. The van der Waals surface area contributed by atoms with Crippen molar-refractivity contribution in [2.45, 2.75) is 19.0 Å². The molecule has 1 unspecified atom stereocenters. The Hall–Kier alpha value is -2.12. The summed E-state index contributed by atoms with van der Waals surface area (Å²) in [5, 5.41) is 8.49. The number of benzene rings is 1. The minimum atomic E-state index is -0.560. The lowest BCUT2D eigenvalue weighted by atomic mass is 10.2. The van der Waals surface area contributed by atoms with Crippen molar-refractivity contribution in [3.63, 3.8) is 0 Å². The maximum Gasteiger partial charge on any atom is 0.267 e. The Kier molecular flexibility index (Phi) is 9.96. The number of carbonyl (C=O) groups excluding carboxylic acids is 1. The third-order valence-electron chi connectivity index (χ3n) is 4.71. The molecule has 0 saturated carbocycles. The highest BCUT2D eigenvalue weighted by Gasteiger charge is 2.26. The van der Waals surface area contributed by atoms with Crippen LogP contribution in [0.15, 0.2) is 54.7 Å². The van der Waals surface area contributed by atoms with E-state index in [-0.39, 0.29) is 24.8 Å². The van der Waals surface area contributed by atoms with Crippen molar-refractivity contribution < 1.29 is 10.0 Å². The van der Waals surface area contributed by atoms with E-state index in [1.54, 1.807) is 17.8 Å². The number of hydroxylamine groups is 1. The lowest BCUT2D eigenvalue weighted by Crippen LogP contribution is -2.34. The lowest BCUT2D eigenvalue weighted by molar-refractivity contribution is -0.124. The van der Waals surface area contributed by atoms with Crippen LogP contribution in [-0.4, -0.2) is 47.2 Å². The van der Waals surface area contributed by atoms with Gasteiger partial charge in [-0.1, -0.05) is 30.3 Å². The largest absolute Gasteiger partial charge is 0.355 e. The molecule has 0 spiro atoms. The molecule has 1 aromatic heterocycles. The van der Waals surface area contributed by atoms with Gasteiger partial charge in [0.05, 0.1) is 0 Å². The van der Waals surface area contributed by atoms with Crippen LogP contribution in [0.4, 0.5) is 5.82 Å². The maximum atomic E-state index is 11.0. The first-order chi connectivity index (χ1) is 12.7. The molecule has 1 aliphatic rings. The number of anilines is 1. The molecular formula is C20H26Cl2N4O2. The van der Waals surface area contributed by atoms with Gasteiger partial charge < -0.3 is 4.90 Å². The number of amides is 1. The summed E-state index contributed by atoms with van der Waals surface area (Å²) in [6.07, 6.45) is 5.71. The Bertz CT molecular complexity index is 757. The third kappa shape index (κ3) is 6.49. The van der Waals surface area contributed by atoms with Crippen LogP contribution in [0.25, 0.3) is 6.08 Å². The highest BCUT2D eigenvalue weighted by atomic mass is 35.5. The molecule has 1 aliphatic heterocycles. The standard InChI is InChI=1S/C20H24N4O2.2ClH/c1-23(19-9-7-16(13-21-19)8-10-20(25)22-26)18-11-12-24(15-18)14-17-5-3-2-4-6-17;;/h2-10,13,18,26H,11-12,14-15H2,1H3,(H,22,25);2*1H. The summed E-state index contributed by atoms with van der Waals surface area (Å²) in [5.74, 6) is 0.357. The first-order valence-corrected chi connectivity index (χ1v) is 8.73. The molecule has 8 heteroatoms. The van der Waals surface area contributed by atoms with Crippen molar-refractivity contribution in [3.8, 4) is 0 Å². The summed E-state index contributed by atoms with van der Waals surface area (Å²) in [6, 6.07) is 14.9. The summed E-state index contributed by atoms with van der Waals surface area (Å²) < 4.78 is 0. The van der Waals surface area contributed by atoms with E-state index in [9.17, 15) is 4.79 Å². The molecule has 1 saturated heterocycles. The molecule has 1 aromatic carbocycles. The molecule has 3 rings (SSSR count). The predicted octanol–water partition coefficient (Wildman–Crippen LogP) is 3.15. The number of likely N-dealkylation sites (tertiary alicyclic amines) is 1. The number of halogens is 2. The number of likely N-dealkylation sites (N-methyl/N-ethyl adjacent to an activating group) is 1. The molecular weight excluding hydrogens is 399 g/mol. The topological polar surface area (TPSA) is 68.7 Å². The van der Waals surface area contributed by atoms with Crippen LogP contribution in [-0.2, 0) is 11.3 Å². The molecule has 1 atom stereocenters. The molecule has 0 radical (unpaired) electrons. The molecule has 0 bridgehead atoms. The summed E-state index contributed by atoms with van der Waals surface area (Å²) >= 11 is 0. The highest BCUT2D eigenvalue weighted by molar-refractivity contribution is 5.90. The maximum absolute atomic E-state index is 11.0. The van der Waals surface area contributed by atoms with Crippen LogP contribution >= 0.6 is 24.8 Å². The number of aromatic nitrogens is 1. The molecule has 1 amide bonds. The Balaban J connectivity index is 0.00000196. The number of hydrogen-bond donors (Lipinski definition) is 2. The Morgan fingerprint density at radius 1 is 1.29 bits per heavy atom. The minimum Gasteiger partial charge on any atom is -0.355 e. The van der Waals surface area contributed by atoms with Gasteiger partial charge in [-0.15, -0.1) is 24.8 Å². The first kappa shape index (κ1) is 23.9. The van der Waals surface area contributed by atoms with Crippen LogP contribution in [0.3, 0.4) is 0 Å². The van der Waals surface area contributed by atoms with Crippen molar-refractivity contribution in [2.24, 2.45) is 0 Å². The van der Waals surface area contributed by atoms with Gasteiger partial charge in [0.2, 0.25) is 0 Å². The van der Waals surface area contributed by atoms with Crippen molar-refractivity contribution in [2.75, 3.05) is 25.0 Å². The third-order valence-corrected chi connectivity index (χ3v) is 4.71. The fourth-order valence-corrected chi connectivity index (χ4v) is 3.21. The Labute approximate surface area is 178 Å². The number of nitrogens with one attached hydrogen (secondary N) is 1. The number of hydrogen-bond acceptors (Lipinski definition) is 5. The van der Waals surface area contributed by atoms with Crippen LogP contribution in [0.2, 0.25) is 0 Å². The smallest absolute Gasteiger partial charge is 0.267 e. The molecule has 28 heavy (non-hydrogen) atoms. The number of rotatable bonds is 6. The summed E-state index contributed by atoms with van der Waals surface area (Å²) in [4.78, 5) is 20.2. The summed E-state index contributed by atoms with van der Waals surface area (Å²) in [7, 11) is 2.08. The zero-order valence-electron chi connectivity index (χ0n) is 15.7. The van der Waals surface area contributed by atoms with Crippen molar-refractivity contribution >= 4 is 42.6 Å². The zero-order valence-corrected chi connectivity index (χ0v) is 17.3. The predicted molar refractivity (Wildman–Crippen MR) is 116 cm³/mol. The normalized spacial score (nSPS) is 16.3. The summed E-state index contributed by atoms with van der Waals surface area (Å²) in [5.41, 5.74) is 3.72. The van der Waals surface area contributed by atoms with Crippen LogP contribution in [0.5, 0.6) is 0 Å². The van der Waals surface area contributed by atoms with Gasteiger partial charge >= 0.3 is 0 Å². The molecule has 2 heterocycles. The van der Waals surface area contributed by atoms with Gasteiger partial charge in [-0.25, -0.2) is 10.5 Å². The fourth-order valence-electron chi connectivity index (χ4n) is 3.21. The second kappa shape index (κ2) is 11.7. The minimum absolute atomic E-state index is 0. The van der Waals surface area contributed by atoms with Gasteiger partial charge in [-0.2, -0.15) is 0 Å². The second-order valence-electron chi connectivity index (χ2n) is 6.53. The first-order valence-electron chi connectivity index (χ1n) is 8.73. The van der Waals surface area contributed by atoms with E-state index in [1.165, 1.54) is 11.6 Å². The van der Waals surface area contributed by atoms with Gasteiger partial charge in [0, 0.05) is 45.0 Å². The van der Waals surface area contributed by atoms with E-state index in [0.717, 1.165) is 37.4 Å². The van der Waals surface area contributed by atoms with Crippen LogP contribution in [0, 0.1) is 0 Å². The molecule has 152 valence electrons. The summed E-state index contributed by atoms with van der Waals surface area (Å²) in [6.45, 7) is 3.08. The van der Waals surface area contributed by atoms with Gasteiger partial charge in [0.15, 0.2) is 0 Å². The van der Waals surface area contributed by atoms with Crippen LogP contribution in [0.1, 0.15) is 17.5 Å². The van der Waals surface area contributed by atoms with E-state index in [4.69, 9.17) is 5.21 Å². The molecule has 2 N–H and O–H groups in total. The highest BCUT2D eigenvalue weighted by Crippen LogP contribution is 2.21. The molecule has 6 nitrogen and oxygen atoms in total. The van der Waals surface area contributed by atoms with Crippen molar-refractivity contribution in [1.29, 1.82) is 0 Å². The van der Waals surface area contributed by atoms with Crippen molar-refractivity contribution in [1.82, 2.24) is 15.4 Å². The van der Waals surface area contributed by atoms with Crippen molar-refractivity contribution in [3.05, 3.63) is 65.9 Å². The Morgan fingerprint density at radius 2 is 2.04 bits per heavy atom. The van der Waals surface area contributed by atoms with E-state index in [1.807, 2.05) is 18.2 Å². The lowest BCUT2D eigenvalue weighted by Gasteiger charge is -2.26. The quantitative estimate of drug-likeness (QED) is 0.423. The van der Waals surface area contributed by atoms with Gasteiger partial charge in [-0.3, -0.25) is 14.9 Å². The van der Waals surface area contributed by atoms with E-state index in [0.29, 0.717) is 6.04 Å². The van der Waals surface area contributed by atoms with Gasteiger partial charge in [0.1, 0.15) is 5.82 Å².